The number of fused-ring (bicyclic) bond motifs is 1. The van der Waals surface area contributed by atoms with Crippen molar-refractivity contribution in [2.45, 2.75) is 26.2 Å². The summed E-state index contributed by atoms with van der Waals surface area (Å²) in [7, 11) is 0. The number of halogens is 2. The van der Waals surface area contributed by atoms with E-state index in [1.807, 2.05) is 0 Å². The lowest BCUT2D eigenvalue weighted by Crippen LogP contribution is -2.31. The van der Waals surface area contributed by atoms with E-state index in [1.54, 1.807) is 30.3 Å². The molecule has 1 aliphatic heterocycles. The van der Waals surface area contributed by atoms with Gasteiger partial charge in [-0.3, -0.25) is 19.3 Å². The number of hydrogen-bond acceptors (Lipinski definition) is 5. The van der Waals surface area contributed by atoms with Crippen molar-refractivity contribution in [2.75, 3.05) is 16.8 Å². The van der Waals surface area contributed by atoms with Gasteiger partial charge < -0.3 is 10.1 Å². The van der Waals surface area contributed by atoms with Gasteiger partial charge in [-0.1, -0.05) is 24.6 Å². The monoisotopic (exact) mass is 532 g/mol. The van der Waals surface area contributed by atoms with Gasteiger partial charge >= 0.3 is 5.97 Å². The van der Waals surface area contributed by atoms with Gasteiger partial charge in [0.1, 0.15) is 0 Å². The molecule has 9 heteroatoms. The number of esters is 1. The molecule has 0 radical (unpaired) electrons. The Morgan fingerprint density at radius 3 is 2.64 bits per heavy atom. The molecular formula is C24H22BrClN2O5. The van der Waals surface area contributed by atoms with Crippen molar-refractivity contribution < 1.29 is 23.9 Å². The third kappa shape index (κ3) is 4.96. The van der Waals surface area contributed by atoms with Gasteiger partial charge in [-0.2, -0.15) is 0 Å². The van der Waals surface area contributed by atoms with E-state index in [1.165, 1.54) is 17.0 Å². The van der Waals surface area contributed by atoms with E-state index in [0.29, 0.717) is 39.6 Å². The van der Waals surface area contributed by atoms with Crippen LogP contribution < -0.4 is 10.2 Å². The zero-order valence-corrected chi connectivity index (χ0v) is 20.2. The molecule has 1 aliphatic carbocycles. The molecule has 2 aromatic carbocycles. The van der Waals surface area contributed by atoms with Gasteiger partial charge in [0.2, 0.25) is 11.8 Å². The molecule has 4 rings (SSSR count). The van der Waals surface area contributed by atoms with E-state index in [9.17, 15) is 19.2 Å². The lowest BCUT2D eigenvalue weighted by Gasteiger charge is -2.25. The van der Waals surface area contributed by atoms with Crippen molar-refractivity contribution in [1.29, 1.82) is 0 Å². The Morgan fingerprint density at radius 2 is 1.88 bits per heavy atom. The molecule has 2 aromatic rings. The Morgan fingerprint density at radius 1 is 1.12 bits per heavy atom. The van der Waals surface area contributed by atoms with E-state index in [-0.39, 0.29) is 29.2 Å². The Hall–Kier alpha value is -2.71. The molecule has 7 nitrogen and oxygen atoms in total. The van der Waals surface area contributed by atoms with Gasteiger partial charge in [-0.15, -0.1) is 0 Å². The van der Waals surface area contributed by atoms with Crippen LogP contribution in [0.4, 0.5) is 11.4 Å². The van der Waals surface area contributed by atoms with Crippen molar-refractivity contribution in [2.24, 2.45) is 17.8 Å². The highest BCUT2D eigenvalue weighted by Gasteiger charge is 2.50. The van der Waals surface area contributed by atoms with Gasteiger partial charge in [0.25, 0.3) is 5.91 Å². The molecule has 1 N–H and O–H groups in total. The summed E-state index contributed by atoms with van der Waals surface area (Å²) in [6, 6.07) is 11.1. The van der Waals surface area contributed by atoms with Crippen molar-refractivity contribution >= 4 is 62.6 Å². The summed E-state index contributed by atoms with van der Waals surface area (Å²) in [6.45, 7) is 1.59. The lowest BCUT2D eigenvalue weighted by atomic mass is 9.76. The van der Waals surface area contributed by atoms with Crippen LogP contribution >= 0.6 is 27.5 Å². The normalized spacial score (nSPS) is 22.2. The van der Waals surface area contributed by atoms with E-state index >= 15 is 0 Å². The first-order chi connectivity index (χ1) is 15.7. The van der Waals surface area contributed by atoms with Crippen LogP contribution in [-0.2, 0) is 19.1 Å². The molecule has 2 aliphatic rings. The predicted molar refractivity (Wildman–Crippen MR) is 127 cm³/mol. The number of nitrogens with one attached hydrogen (secondary N) is 1. The van der Waals surface area contributed by atoms with Crippen LogP contribution in [0.1, 0.15) is 36.5 Å². The zero-order valence-electron chi connectivity index (χ0n) is 17.8. The van der Waals surface area contributed by atoms with Gasteiger partial charge in [0, 0.05) is 10.2 Å². The summed E-state index contributed by atoms with van der Waals surface area (Å²) in [6.07, 6.45) is 2.33. The van der Waals surface area contributed by atoms with Gasteiger partial charge in [0.15, 0.2) is 6.61 Å². The minimum Gasteiger partial charge on any atom is -0.452 e. The van der Waals surface area contributed by atoms with Crippen LogP contribution in [0.15, 0.2) is 46.9 Å². The number of nitrogens with zero attached hydrogens (tertiary/aromatic N) is 1. The predicted octanol–water partition coefficient (Wildman–Crippen LogP) is 4.82. The van der Waals surface area contributed by atoms with Crippen LogP contribution in [0.5, 0.6) is 0 Å². The average Bonchev–Trinajstić information content (AvgIpc) is 3.04. The third-order valence-electron chi connectivity index (χ3n) is 6.07. The molecule has 1 saturated carbocycles. The SMILES string of the molecule is C[C@@H]1CC[C@@H]2C(=O)N(c3cccc(C(=O)OCC(=O)Nc4ccc(Br)c(Cl)c4)c3)C(=O)[C@@H]2C1. The maximum Gasteiger partial charge on any atom is 0.338 e. The molecule has 0 aromatic heterocycles. The van der Waals surface area contributed by atoms with Crippen LogP contribution in [-0.4, -0.2) is 30.3 Å². The highest BCUT2D eigenvalue weighted by Crippen LogP contribution is 2.42. The molecule has 0 unspecified atom stereocenters. The van der Waals surface area contributed by atoms with E-state index in [0.717, 1.165) is 6.42 Å². The number of anilines is 2. The first-order valence-corrected chi connectivity index (χ1v) is 11.8. The molecule has 3 amide bonds. The van der Waals surface area contributed by atoms with E-state index < -0.39 is 18.5 Å². The summed E-state index contributed by atoms with van der Waals surface area (Å²) in [5.74, 6) is -1.87. The zero-order chi connectivity index (χ0) is 23.7. The summed E-state index contributed by atoms with van der Waals surface area (Å²) in [4.78, 5) is 51.7. The van der Waals surface area contributed by atoms with Gasteiger partial charge in [-0.25, -0.2) is 4.79 Å². The van der Waals surface area contributed by atoms with Crippen LogP contribution in [0.25, 0.3) is 0 Å². The molecular weight excluding hydrogens is 512 g/mol. The van der Waals surface area contributed by atoms with Crippen molar-refractivity contribution in [3.8, 4) is 0 Å². The molecule has 172 valence electrons. The molecule has 1 heterocycles. The number of benzene rings is 2. The van der Waals surface area contributed by atoms with Crippen LogP contribution in [0.3, 0.4) is 0 Å². The third-order valence-corrected chi connectivity index (χ3v) is 7.30. The number of carbonyl (C=O) groups excluding carboxylic acids is 4. The maximum atomic E-state index is 12.9. The molecule has 0 bridgehead atoms. The van der Waals surface area contributed by atoms with Crippen LogP contribution in [0.2, 0.25) is 5.02 Å². The summed E-state index contributed by atoms with van der Waals surface area (Å²) < 4.78 is 5.81. The molecule has 3 atom stereocenters. The number of hydrogen-bond donors (Lipinski definition) is 1. The minimum atomic E-state index is -0.731. The Kier molecular flexibility index (Phi) is 6.86. The standard InChI is InChI=1S/C24H22BrClN2O5/c1-13-5-7-17-18(9-13)23(31)28(22(17)30)16-4-2-3-14(10-16)24(32)33-12-21(29)27-15-6-8-19(25)20(26)11-15/h2-4,6,8,10-11,13,17-18H,5,7,9,12H2,1H3,(H,27,29)/t13-,17+,18-/m1/s1. The van der Waals surface area contributed by atoms with Crippen molar-refractivity contribution in [1.82, 2.24) is 0 Å². The second-order valence-electron chi connectivity index (χ2n) is 8.45. The Balaban J connectivity index is 1.40. The number of rotatable bonds is 5. The van der Waals surface area contributed by atoms with Crippen LogP contribution in [0, 0.1) is 17.8 Å². The van der Waals surface area contributed by atoms with Crippen molar-refractivity contribution in [3.63, 3.8) is 0 Å². The molecule has 33 heavy (non-hydrogen) atoms. The topological polar surface area (TPSA) is 92.8 Å². The number of carbonyl (C=O) groups is 4. The fraction of sp³-hybridized carbons (Fsp3) is 0.333. The first-order valence-electron chi connectivity index (χ1n) is 10.6. The highest BCUT2D eigenvalue weighted by atomic mass is 79.9. The second-order valence-corrected chi connectivity index (χ2v) is 9.71. The number of ether oxygens (including phenoxy) is 1. The summed E-state index contributed by atoms with van der Waals surface area (Å²) >= 11 is 9.28. The Bertz CT molecular complexity index is 1140. The summed E-state index contributed by atoms with van der Waals surface area (Å²) in [5.41, 5.74) is 0.958. The van der Waals surface area contributed by atoms with E-state index in [4.69, 9.17) is 16.3 Å². The van der Waals surface area contributed by atoms with Crippen molar-refractivity contribution in [3.05, 3.63) is 57.5 Å². The molecule has 2 fully saturated rings. The summed E-state index contributed by atoms with van der Waals surface area (Å²) in [5, 5.41) is 3.03. The quantitative estimate of drug-likeness (QED) is 0.439. The highest BCUT2D eigenvalue weighted by molar-refractivity contribution is 9.10. The number of imide groups is 1. The van der Waals surface area contributed by atoms with E-state index in [2.05, 4.69) is 28.2 Å². The second kappa shape index (κ2) is 9.65. The Labute approximate surface area is 204 Å². The lowest BCUT2D eigenvalue weighted by molar-refractivity contribution is -0.122. The molecule has 0 spiro atoms. The molecule has 1 saturated heterocycles. The maximum absolute atomic E-state index is 12.9. The largest absolute Gasteiger partial charge is 0.452 e. The van der Waals surface area contributed by atoms with Gasteiger partial charge in [-0.05, 0) is 77.5 Å². The smallest absolute Gasteiger partial charge is 0.338 e. The fourth-order valence-corrected chi connectivity index (χ4v) is 4.83. The fourth-order valence-electron chi connectivity index (χ4n) is 4.40. The average molecular weight is 534 g/mol. The number of amides is 3. The first kappa shape index (κ1) is 23.4. The van der Waals surface area contributed by atoms with Gasteiger partial charge in [0.05, 0.1) is 28.1 Å². The minimum absolute atomic E-state index is 0.149.